The van der Waals surface area contributed by atoms with Gasteiger partial charge in [-0.25, -0.2) is 0 Å². The fraction of sp³-hybridized carbons (Fsp3) is 0.0667. The van der Waals surface area contributed by atoms with Crippen molar-refractivity contribution in [2.45, 2.75) is 5.92 Å². The zero-order valence-corrected chi connectivity index (χ0v) is 10.2. The van der Waals surface area contributed by atoms with Gasteiger partial charge in [-0.05, 0) is 36.4 Å². The number of benzene rings is 1. The topological polar surface area (TPSA) is 78.3 Å². The second-order valence-corrected chi connectivity index (χ2v) is 4.31. The van der Waals surface area contributed by atoms with E-state index in [-0.39, 0.29) is 5.92 Å². The Labute approximate surface area is 110 Å². The average Bonchev–Trinajstić information content (AvgIpc) is 3.07. The summed E-state index contributed by atoms with van der Waals surface area (Å²) in [6.07, 6.45) is 3.25. The first-order chi connectivity index (χ1) is 9.27. The van der Waals surface area contributed by atoms with E-state index >= 15 is 0 Å². The minimum atomic E-state index is -0.230. The predicted molar refractivity (Wildman–Crippen MR) is 73.6 cm³/mol. The number of anilines is 2. The van der Waals surface area contributed by atoms with Gasteiger partial charge in [-0.2, -0.15) is 0 Å². The van der Waals surface area contributed by atoms with Crippen molar-refractivity contribution in [1.29, 1.82) is 0 Å². The highest BCUT2D eigenvalue weighted by molar-refractivity contribution is 5.65. The molecule has 4 nitrogen and oxygen atoms in total. The molecule has 0 unspecified atom stereocenters. The molecule has 3 aromatic rings. The lowest BCUT2D eigenvalue weighted by Gasteiger charge is -2.17. The van der Waals surface area contributed by atoms with Crippen molar-refractivity contribution >= 4 is 11.4 Å². The highest BCUT2D eigenvalue weighted by Gasteiger charge is 2.25. The molecule has 0 amide bonds. The van der Waals surface area contributed by atoms with E-state index in [1.807, 2.05) is 42.5 Å². The summed E-state index contributed by atoms with van der Waals surface area (Å²) >= 11 is 0. The Morgan fingerprint density at radius 2 is 1.26 bits per heavy atom. The van der Waals surface area contributed by atoms with Gasteiger partial charge in [-0.3, -0.25) is 0 Å². The van der Waals surface area contributed by atoms with Gasteiger partial charge in [0, 0.05) is 16.9 Å². The second-order valence-electron chi connectivity index (χ2n) is 4.31. The smallest absolute Gasteiger partial charge is 0.118 e. The van der Waals surface area contributed by atoms with Gasteiger partial charge >= 0.3 is 0 Å². The minimum absolute atomic E-state index is 0.230. The summed E-state index contributed by atoms with van der Waals surface area (Å²) in [6.45, 7) is 0. The van der Waals surface area contributed by atoms with Crippen LogP contribution in [0.1, 0.15) is 23.0 Å². The zero-order valence-electron chi connectivity index (χ0n) is 10.2. The molecule has 0 saturated carbocycles. The van der Waals surface area contributed by atoms with Crippen molar-refractivity contribution in [3.8, 4) is 0 Å². The van der Waals surface area contributed by atoms with Crippen LogP contribution in [0.25, 0.3) is 0 Å². The van der Waals surface area contributed by atoms with Crippen LogP contribution in [0, 0.1) is 0 Å². The van der Waals surface area contributed by atoms with Crippen LogP contribution < -0.4 is 11.5 Å². The van der Waals surface area contributed by atoms with Gasteiger partial charge in [0.05, 0.1) is 12.5 Å². The van der Waals surface area contributed by atoms with Crippen LogP contribution in [0.4, 0.5) is 11.4 Å². The minimum Gasteiger partial charge on any atom is -0.468 e. The summed E-state index contributed by atoms with van der Waals surface area (Å²) in [4.78, 5) is 0. The predicted octanol–water partition coefficient (Wildman–Crippen LogP) is 3.22. The number of nitrogens with two attached hydrogens (primary N) is 2. The SMILES string of the molecule is Nc1cccc(N)c1C(c1ccco1)c1ccco1. The Morgan fingerprint density at radius 3 is 1.68 bits per heavy atom. The normalized spacial score (nSPS) is 11.0. The maximum atomic E-state index is 6.07. The lowest BCUT2D eigenvalue weighted by molar-refractivity contribution is 0.450. The largest absolute Gasteiger partial charge is 0.468 e. The number of furan rings is 2. The fourth-order valence-electron chi connectivity index (χ4n) is 2.27. The summed E-state index contributed by atoms with van der Waals surface area (Å²) < 4.78 is 11.0. The fourth-order valence-corrected chi connectivity index (χ4v) is 2.27. The van der Waals surface area contributed by atoms with Crippen LogP contribution in [-0.2, 0) is 0 Å². The third kappa shape index (κ3) is 1.97. The van der Waals surface area contributed by atoms with Crippen molar-refractivity contribution in [1.82, 2.24) is 0 Å². The lowest BCUT2D eigenvalue weighted by atomic mass is 9.91. The first kappa shape index (κ1) is 11.5. The molecule has 4 N–H and O–H groups in total. The van der Waals surface area contributed by atoms with Crippen LogP contribution in [0.15, 0.2) is 63.8 Å². The molecule has 2 heterocycles. The molecule has 0 radical (unpaired) electrons. The average molecular weight is 254 g/mol. The number of hydrogen-bond acceptors (Lipinski definition) is 4. The van der Waals surface area contributed by atoms with Crippen molar-refractivity contribution in [2.24, 2.45) is 0 Å². The summed E-state index contributed by atoms with van der Waals surface area (Å²) in [7, 11) is 0. The Bertz CT molecular complexity index is 603. The van der Waals surface area contributed by atoms with Crippen LogP contribution in [0.2, 0.25) is 0 Å². The van der Waals surface area contributed by atoms with E-state index in [4.69, 9.17) is 20.3 Å². The van der Waals surface area contributed by atoms with Crippen molar-refractivity contribution in [2.75, 3.05) is 11.5 Å². The maximum absolute atomic E-state index is 6.07. The van der Waals surface area contributed by atoms with Crippen molar-refractivity contribution < 1.29 is 8.83 Å². The highest BCUT2D eigenvalue weighted by atomic mass is 16.3. The molecular weight excluding hydrogens is 240 g/mol. The van der Waals surface area contributed by atoms with Gasteiger partial charge in [0.15, 0.2) is 0 Å². The molecule has 19 heavy (non-hydrogen) atoms. The van der Waals surface area contributed by atoms with Crippen LogP contribution >= 0.6 is 0 Å². The van der Waals surface area contributed by atoms with E-state index in [0.29, 0.717) is 11.4 Å². The molecule has 2 aromatic heterocycles. The molecule has 0 saturated heterocycles. The summed E-state index contributed by atoms with van der Waals surface area (Å²) in [6, 6.07) is 12.9. The Kier molecular flexibility index (Phi) is 2.76. The quantitative estimate of drug-likeness (QED) is 0.703. The van der Waals surface area contributed by atoms with E-state index in [1.165, 1.54) is 0 Å². The molecule has 0 aliphatic carbocycles. The first-order valence-electron chi connectivity index (χ1n) is 5.98. The molecule has 3 rings (SSSR count). The first-order valence-corrected chi connectivity index (χ1v) is 5.98. The molecule has 0 fully saturated rings. The number of nitrogen functional groups attached to an aromatic ring is 2. The van der Waals surface area contributed by atoms with E-state index in [9.17, 15) is 0 Å². The molecule has 0 bridgehead atoms. The monoisotopic (exact) mass is 254 g/mol. The van der Waals surface area contributed by atoms with Gasteiger partial charge in [-0.15, -0.1) is 0 Å². The summed E-state index contributed by atoms with van der Waals surface area (Å²) in [5.74, 6) is 1.27. The van der Waals surface area contributed by atoms with Gasteiger partial charge in [0.25, 0.3) is 0 Å². The van der Waals surface area contributed by atoms with E-state index in [1.54, 1.807) is 12.5 Å². The maximum Gasteiger partial charge on any atom is 0.118 e. The molecule has 0 aliphatic heterocycles. The van der Waals surface area contributed by atoms with Crippen LogP contribution in [0.5, 0.6) is 0 Å². The van der Waals surface area contributed by atoms with E-state index in [2.05, 4.69) is 0 Å². The highest BCUT2D eigenvalue weighted by Crippen LogP contribution is 2.38. The van der Waals surface area contributed by atoms with Gasteiger partial charge in [-0.1, -0.05) is 6.07 Å². The Hall–Kier alpha value is -2.62. The third-order valence-corrected chi connectivity index (χ3v) is 3.12. The third-order valence-electron chi connectivity index (χ3n) is 3.12. The molecule has 0 spiro atoms. The van der Waals surface area contributed by atoms with Crippen molar-refractivity contribution in [3.05, 3.63) is 72.1 Å². The second kappa shape index (κ2) is 4.57. The Balaban J connectivity index is 2.21. The van der Waals surface area contributed by atoms with E-state index < -0.39 is 0 Å². The molecule has 0 atom stereocenters. The Morgan fingerprint density at radius 1 is 0.737 bits per heavy atom. The summed E-state index contributed by atoms with van der Waals surface area (Å²) in [5, 5.41) is 0. The van der Waals surface area contributed by atoms with Gasteiger partial charge < -0.3 is 20.3 Å². The molecular formula is C15H14N2O2. The number of hydrogen-bond donors (Lipinski definition) is 2. The zero-order chi connectivity index (χ0) is 13.2. The van der Waals surface area contributed by atoms with Crippen LogP contribution in [0.3, 0.4) is 0 Å². The summed E-state index contributed by atoms with van der Waals surface area (Å²) in [5.41, 5.74) is 14.2. The lowest BCUT2D eigenvalue weighted by Crippen LogP contribution is -2.08. The number of rotatable bonds is 3. The van der Waals surface area contributed by atoms with E-state index in [0.717, 1.165) is 17.1 Å². The van der Waals surface area contributed by atoms with Crippen molar-refractivity contribution in [3.63, 3.8) is 0 Å². The molecule has 1 aromatic carbocycles. The molecule has 96 valence electrons. The standard InChI is InChI=1S/C15H14N2O2/c16-10-4-1-5-11(17)14(10)15(12-6-2-8-18-12)13-7-3-9-19-13/h1-9,15H,16-17H2. The molecule has 4 heteroatoms. The van der Waals surface area contributed by atoms with Gasteiger partial charge in [0.2, 0.25) is 0 Å². The van der Waals surface area contributed by atoms with Gasteiger partial charge in [0.1, 0.15) is 17.4 Å². The van der Waals surface area contributed by atoms with Crippen LogP contribution in [-0.4, -0.2) is 0 Å². The molecule has 0 aliphatic rings.